The van der Waals surface area contributed by atoms with Crippen LogP contribution in [-0.4, -0.2) is 40.2 Å². The summed E-state index contributed by atoms with van der Waals surface area (Å²) in [5, 5.41) is 0. The fourth-order valence-electron chi connectivity index (χ4n) is 3.74. The van der Waals surface area contributed by atoms with Crippen LogP contribution < -0.4 is 28.4 Å². The van der Waals surface area contributed by atoms with Crippen molar-refractivity contribution in [2.24, 2.45) is 0 Å². The van der Waals surface area contributed by atoms with Crippen LogP contribution in [0.5, 0.6) is 34.5 Å². The summed E-state index contributed by atoms with van der Waals surface area (Å²) in [6, 6.07) is 13.2. The number of ketones is 1. The Kier molecular flexibility index (Phi) is 6.64. The molecule has 1 heterocycles. The first kappa shape index (κ1) is 23.7. The summed E-state index contributed by atoms with van der Waals surface area (Å²) in [5.41, 5.74) is 1.84. The third-order valence-electron chi connectivity index (χ3n) is 5.59. The highest BCUT2D eigenvalue weighted by Crippen LogP contribution is 2.43. The van der Waals surface area contributed by atoms with E-state index in [-0.39, 0.29) is 11.5 Å². The van der Waals surface area contributed by atoms with Crippen LogP contribution in [0.3, 0.4) is 0 Å². The van der Waals surface area contributed by atoms with E-state index >= 15 is 0 Å². The lowest BCUT2D eigenvalue weighted by Crippen LogP contribution is -2.09. The maximum atomic E-state index is 13.0. The van der Waals surface area contributed by atoms with Crippen LogP contribution in [0.15, 0.2) is 54.3 Å². The molecule has 3 aromatic carbocycles. The Bertz CT molecular complexity index is 1320. The molecule has 4 rings (SSSR count). The van der Waals surface area contributed by atoms with Gasteiger partial charge in [0, 0.05) is 11.1 Å². The molecule has 8 nitrogen and oxygen atoms in total. The van der Waals surface area contributed by atoms with Crippen molar-refractivity contribution >= 4 is 17.8 Å². The minimum absolute atomic E-state index is 0.104. The molecule has 0 fully saturated rings. The van der Waals surface area contributed by atoms with E-state index in [4.69, 9.17) is 28.4 Å². The van der Waals surface area contributed by atoms with Gasteiger partial charge in [-0.05, 0) is 61.5 Å². The van der Waals surface area contributed by atoms with Crippen molar-refractivity contribution in [3.8, 4) is 34.5 Å². The van der Waals surface area contributed by atoms with Gasteiger partial charge in [0.2, 0.25) is 11.5 Å². The number of esters is 1. The lowest BCUT2D eigenvalue weighted by Gasteiger charge is -2.14. The van der Waals surface area contributed by atoms with Gasteiger partial charge in [0.25, 0.3) is 0 Å². The number of carbonyl (C=O) groups is 2. The molecule has 0 unspecified atom stereocenters. The summed E-state index contributed by atoms with van der Waals surface area (Å²) < 4.78 is 32.8. The van der Waals surface area contributed by atoms with Gasteiger partial charge in [-0.2, -0.15) is 0 Å². The molecule has 8 heteroatoms. The highest BCUT2D eigenvalue weighted by molar-refractivity contribution is 6.15. The topological polar surface area (TPSA) is 89.5 Å². The van der Waals surface area contributed by atoms with E-state index in [2.05, 4.69) is 0 Å². The van der Waals surface area contributed by atoms with Gasteiger partial charge in [-0.15, -0.1) is 0 Å². The first-order chi connectivity index (χ1) is 16.9. The van der Waals surface area contributed by atoms with Crippen molar-refractivity contribution in [2.75, 3.05) is 28.4 Å². The second-order valence-electron chi connectivity index (χ2n) is 7.55. The normalized spacial score (nSPS) is 13.2. The molecule has 1 aliphatic rings. The molecular weight excluding hydrogens is 452 g/mol. The van der Waals surface area contributed by atoms with E-state index in [9.17, 15) is 9.59 Å². The second-order valence-corrected chi connectivity index (χ2v) is 7.55. The van der Waals surface area contributed by atoms with Crippen LogP contribution in [0.4, 0.5) is 0 Å². The quantitative estimate of drug-likeness (QED) is 0.271. The number of methoxy groups -OCH3 is 4. The third kappa shape index (κ3) is 4.38. The molecule has 0 saturated carbocycles. The fraction of sp³-hybridized carbons (Fsp3) is 0.185. The smallest absolute Gasteiger partial charge is 0.343 e. The zero-order valence-corrected chi connectivity index (χ0v) is 20.0. The molecule has 0 radical (unpaired) electrons. The number of allylic oxidation sites excluding steroid dienone is 1. The molecule has 0 aliphatic carbocycles. The molecule has 0 bridgehead atoms. The van der Waals surface area contributed by atoms with Crippen LogP contribution in [0, 0.1) is 6.92 Å². The number of fused-ring (bicyclic) bond motifs is 1. The van der Waals surface area contributed by atoms with Crippen LogP contribution in [0.2, 0.25) is 0 Å². The zero-order chi connectivity index (χ0) is 25.1. The minimum atomic E-state index is -0.536. The molecule has 0 amide bonds. The third-order valence-corrected chi connectivity index (χ3v) is 5.59. The molecule has 3 aromatic rings. The van der Waals surface area contributed by atoms with Gasteiger partial charge in [-0.1, -0.05) is 0 Å². The Morgan fingerprint density at radius 2 is 1.49 bits per heavy atom. The van der Waals surface area contributed by atoms with E-state index in [0.717, 1.165) is 0 Å². The Morgan fingerprint density at radius 1 is 0.800 bits per heavy atom. The zero-order valence-electron chi connectivity index (χ0n) is 20.0. The molecule has 0 spiro atoms. The number of hydrogen-bond acceptors (Lipinski definition) is 8. The SMILES string of the molecule is COc1ccc(C(=O)Oc2ccc3c(c2C)O/C(=C\c2ccc(OC)c(OC)c2OC)C3=O)cc1. The minimum Gasteiger partial charge on any atom is -0.497 e. The fourth-order valence-corrected chi connectivity index (χ4v) is 3.74. The summed E-state index contributed by atoms with van der Waals surface area (Å²) >= 11 is 0. The van der Waals surface area contributed by atoms with E-state index < -0.39 is 5.97 Å². The lowest BCUT2D eigenvalue weighted by molar-refractivity contribution is 0.0733. The van der Waals surface area contributed by atoms with Crippen LogP contribution in [-0.2, 0) is 0 Å². The Labute approximate surface area is 202 Å². The maximum absolute atomic E-state index is 13.0. The summed E-state index contributed by atoms with van der Waals surface area (Å²) in [5.74, 6) is 1.82. The lowest BCUT2D eigenvalue weighted by atomic mass is 10.1. The molecule has 0 aromatic heterocycles. The summed E-state index contributed by atoms with van der Waals surface area (Å²) in [4.78, 5) is 25.6. The van der Waals surface area contributed by atoms with Gasteiger partial charge in [0.15, 0.2) is 17.3 Å². The average molecular weight is 476 g/mol. The van der Waals surface area contributed by atoms with Gasteiger partial charge >= 0.3 is 5.97 Å². The van der Waals surface area contributed by atoms with Crippen LogP contribution in [0.1, 0.15) is 31.8 Å². The average Bonchev–Trinajstić information content (AvgIpc) is 3.20. The van der Waals surface area contributed by atoms with Gasteiger partial charge in [-0.3, -0.25) is 4.79 Å². The number of ether oxygens (including phenoxy) is 6. The monoisotopic (exact) mass is 476 g/mol. The maximum Gasteiger partial charge on any atom is 0.343 e. The Morgan fingerprint density at radius 3 is 2.11 bits per heavy atom. The molecule has 35 heavy (non-hydrogen) atoms. The molecule has 0 atom stereocenters. The van der Waals surface area contributed by atoms with Crippen LogP contribution in [0.25, 0.3) is 6.08 Å². The van der Waals surface area contributed by atoms with Gasteiger partial charge < -0.3 is 28.4 Å². The summed E-state index contributed by atoms with van der Waals surface area (Å²) in [7, 11) is 6.07. The van der Waals surface area contributed by atoms with Gasteiger partial charge in [0.1, 0.15) is 17.2 Å². The Balaban J connectivity index is 1.63. The first-order valence-corrected chi connectivity index (χ1v) is 10.6. The van der Waals surface area contributed by atoms with E-state index in [1.165, 1.54) is 21.3 Å². The van der Waals surface area contributed by atoms with Crippen LogP contribution >= 0.6 is 0 Å². The molecule has 0 saturated heterocycles. The standard InChI is InChI=1S/C27H24O8/c1-15-20(35-27(29)16-6-9-18(30-2)10-7-16)13-11-19-23(28)22(34-24(15)19)14-17-8-12-21(31-3)26(33-5)25(17)32-4/h6-14H,1-5H3/b22-14-. The van der Waals surface area contributed by atoms with Crippen molar-refractivity contribution in [1.82, 2.24) is 0 Å². The van der Waals surface area contributed by atoms with Crippen molar-refractivity contribution in [3.63, 3.8) is 0 Å². The predicted molar refractivity (Wildman–Crippen MR) is 128 cm³/mol. The molecule has 180 valence electrons. The van der Waals surface area contributed by atoms with Gasteiger partial charge in [-0.25, -0.2) is 4.79 Å². The number of hydrogen-bond donors (Lipinski definition) is 0. The number of benzene rings is 3. The summed E-state index contributed by atoms with van der Waals surface area (Å²) in [6.07, 6.45) is 1.58. The first-order valence-electron chi connectivity index (χ1n) is 10.6. The van der Waals surface area contributed by atoms with Crippen molar-refractivity contribution in [1.29, 1.82) is 0 Å². The van der Waals surface area contributed by atoms with Crippen molar-refractivity contribution in [3.05, 3.63) is 76.5 Å². The van der Waals surface area contributed by atoms with Gasteiger partial charge in [0.05, 0.1) is 39.6 Å². The Hall–Kier alpha value is -4.46. The highest BCUT2D eigenvalue weighted by atomic mass is 16.5. The summed E-state index contributed by atoms with van der Waals surface area (Å²) in [6.45, 7) is 1.72. The molecule has 0 N–H and O–H groups in total. The second kappa shape index (κ2) is 9.80. The highest BCUT2D eigenvalue weighted by Gasteiger charge is 2.31. The van der Waals surface area contributed by atoms with E-state index in [0.29, 0.717) is 56.8 Å². The number of rotatable bonds is 7. The largest absolute Gasteiger partial charge is 0.497 e. The van der Waals surface area contributed by atoms with Crippen molar-refractivity contribution < 1.29 is 38.0 Å². The number of Topliss-reactive ketones (excluding diaryl/α,β-unsaturated/α-hetero) is 1. The van der Waals surface area contributed by atoms with E-state index in [1.54, 1.807) is 68.6 Å². The molecular formula is C27H24O8. The molecule has 1 aliphatic heterocycles. The van der Waals surface area contributed by atoms with E-state index in [1.807, 2.05) is 0 Å². The van der Waals surface area contributed by atoms with Crippen molar-refractivity contribution in [2.45, 2.75) is 6.92 Å². The number of carbonyl (C=O) groups excluding carboxylic acids is 2. The predicted octanol–water partition coefficient (Wildman–Crippen LogP) is 4.86.